The van der Waals surface area contributed by atoms with Crippen LogP contribution in [0.25, 0.3) is 0 Å². The maximum Gasteiger partial charge on any atom is 0.412 e. The van der Waals surface area contributed by atoms with Crippen LogP contribution in [0.5, 0.6) is 0 Å². The molecule has 0 fully saturated rings. The van der Waals surface area contributed by atoms with Crippen molar-refractivity contribution in [2.45, 2.75) is 13.0 Å². The Morgan fingerprint density at radius 2 is 2.31 bits per heavy atom. The smallest absolute Gasteiger partial charge is 0.412 e. The molecular weight excluding hydrogens is 272 g/mol. The maximum absolute atomic E-state index is 11.2. The summed E-state index contributed by atoms with van der Waals surface area (Å²) in [7, 11) is 1.80. The number of likely N-dealkylation sites (N-methyl/N-ethyl adjacent to an activating group) is 1. The minimum atomic E-state index is -0.944. The van der Waals surface area contributed by atoms with Crippen LogP contribution in [-0.4, -0.2) is 30.8 Å². The van der Waals surface area contributed by atoms with E-state index in [0.717, 1.165) is 4.47 Å². The van der Waals surface area contributed by atoms with Gasteiger partial charge in [-0.05, 0) is 32.2 Å². The molecule has 0 saturated heterocycles. The molecule has 0 saturated carbocycles. The number of halogens is 1. The zero-order valence-electron chi connectivity index (χ0n) is 9.27. The summed E-state index contributed by atoms with van der Waals surface area (Å²) in [6, 6.07) is 7.15. The first kappa shape index (κ1) is 13.0. The van der Waals surface area contributed by atoms with Crippen LogP contribution in [0.2, 0.25) is 0 Å². The molecule has 1 aromatic rings. The number of nitrogens with zero attached hydrogens (tertiary/aromatic N) is 1. The molecule has 0 spiro atoms. The van der Waals surface area contributed by atoms with E-state index in [0.29, 0.717) is 12.2 Å². The molecule has 5 heteroatoms. The van der Waals surface area contributed by atoms with E-state index in [4.69, 9.17) is 0 Å². The molecule has 0 aliphatic heterocycles. The molecule has 1 aromatic carbocycles. The lowest BCUT2D eigenvalue weighted by molar-refractivity contribution is 0.199. The Balaban J connectivity index is 2.98. The van der Waals surface area contributed by atoms with Crippen molar-refractivity contribution in [3.05, 3.63) is 28.7 Å². The summed E-state index contributed by atoms with van der Waals surface area (Å²) >= 11 is 3.33. The minimum absolute atomic E-state index is 0.114. The molecule has 0 bridgehead atoms. The van der Waals surface area contributed by atoms with Gasteiger partial charge >= 0.3 is 6.09 Å². The molecule has 1 atom stereocenters. The van der Waals surface area contributed by atoms with Crippen molar-refractivity contribution >= 4 is 27.7 Å². The first-order valence-electron chi connectivity index (χ1n) is 4.98. The Kier molecular flexibility index (Phi) is 4.76. The van der Waals surface area contributed by atoms with Gasteiger partial charge in [0.1, 0.15) is 0 Å². The molecule has 2 N–H and O–H groups in total. The lowest BCUT2D eigenvalue weighted by Crippen LogP contribution is -2.43. The maximum atomic E-state index is 11.2. The van der Waals surface area contributed by atoms with Gasteiger partial charge in [-0.15, -0.1) is 0 Å². The summed E-state index contributed by atoms with van der Waals surface area (Å²) in [5, 5.41) is 12.2. The molecule has 0 radical (unpaired) electrons. The second-order valence-electron chi connectivity index (χ2n) is 3.54. The fraction of sp³-hybridized carbons (Fsp3) is 0.364. The normalized spacial score (nSPS) is 12.2. The second kappa shape index (κ2) is 5.86. The monoisotopic (exact) mass is 286 g/mol. The van der Waals surface area contributed by atoms with Crippen molar-refractivity contribution in [3.63, 3.8) is 0 Å². The second-order valence-corrected chi connectivity index (χ2v) is 4.45. The number of hydrogen-bond donors (Lipinski definition) is 2. The van der Waals surface area contributed by atoms with E-state index in [-0.39, 0.29) is 6.04 Å². The van der Waals surface area contributed by atoms with Crippen molar-refractivity contribution in [1.82, 2.24) is 5.32 Å². The molecule has 1 unspecified atom stereocenters. The van der Waals surface area contributed by atoms with Crippen LogP contribution >= 0.6 is 15.9 Å². The Hall–Kier alpha value is -1.07. The largest absolute Gasteiger partial charge is 0.465 e. The number of carbonyl (C=O) groups is 1. The highest BCUT2D eigenvalue weighted by molar-refractivity contribution is 9.10. The molecule has 0 aliphatic rings. The molecule has 0 aromatic heterocycles. The van der Waals surface area contributed by atoms with Crippen LogP contribution in [-0.2, 0) is 0 Å². The number of carboxylic acid groups (broad SMARTS) is 1. The molecular formula is C11H15BrN2O2. The van der Waals surface area contributed by atoms with Gasteiger partial charge in [0.2, 0.25) is 0 Å². The number of hydrogen-bond acceptors (Lipinski definition) is 2. The molecule has 16 heavy (non-hydrogen) atoms. The number of rotatable bonds is 4. The number of benzene rings is 1. The van der Waals surface area contributed by atoms with Gasteiger partial charge in [0.05, 0.1) is 0 Å². The summed E-state index contributed by atoms with van der Waals surface area (Å²) in [6.45, 7) is 2.48. The average molecular weight is 287 g/mol. The minimum Gasteiger partial charge on any atom is -0.465 e. The van der Waals surface area contributed by atoms with Crippen LogP contribution in [0.15, 0.2) is 28.7 Å². The highest BCUT2D eigenvalue weighted by Crippen LogP contribution is 2.21. The van der Waals surface area contributed by atoms with Gasteiger partial charge in [-0.25, -0.2) is 4.79 Å². The van der Waals surface area contributed by atoms with Crippen molar-refractivity contribution in [1.29, 1.82) is 0 Å². The van der Waals surface area contributed by atoms with Crippen LogP contribution in [0, 0.1) is 0 Å². The van der Waals surface area contributed by atoms with Crippen molar-refractivity contribution in [2.75, 3.05) is 18.5 Å². The van der Waals surface area contributed by atoms with Crippen molar-refractivity contribution in [2.24, 2.45) is 0 Å². The standard InChI is InChI=1S/C11H15BrN2O2/c1-8(7-13-2)14(11(15)16)10-5-3-4-9(12)6-10/h3-6,8,13H,7H2,1-2H3,(H,15,16). The molecule has 4 nitrogen and oxygen atoms in total. The lowest BCUT2D eigenvalue weighted by atomic mass is 10.2. The quantitative estimate of drug-likeness (QED) is 0.894. The highest BCUT2D eigenvalue weighted by atomic mass is 79.9. The fourth-order valence-corrected chi connectivity index (χ4v) is 1.95. The summed E-state index contributed by atoms with van der Waals surface area (Å²) < 4.78 is 0.868. The number of anilines is 1. The zero-order chi connectivity index (χ0) is 12.1. The number of nitrogens with one attached hydrogen (secondary N) is 1. The topological polar surface area (TPSA) is 52.6 Å². The van der Waals surface area contributed by atoms with Crippen LogP contribution in [0.1, 0.15) is 6.92 Å². The predicted molar refractivity (Wildman–Crippen MR) is 68.0 cm³/mol. The van der Waals surface area contributed by atoms with E-state index < -0.39 is 6.09 Å². The van der Waals surface area contributed by atoms with Crippen molar-refractivity contribution < 1.29 is 9.90 Å². The van der Waals surface area contributed by atoms with Crippen LogP contribution < -0.4 is 10.2 Å². The third kappa shape index (κ3) is 3.21. The van der Waals surface area contributed by atoms with Gasteiger partial charge in [0.15, 0.2) is 0 Å². The third-order valence-electron chi connectivity index (χ3n) is 2.23. The Labute approximate surface area is 103 Å². The lowest BCUT2D eigenvalue weighted by Gasteiger charge is -2.26. The Morgan fingerprint density at radius 3 is 2.81 bits per heavy atom. The highest BCUT2D eigenvalue weighted by Gasteiger charge is 2.20. The summed E-state index contributed by atoms with van der Waals surface area (Å²) in [5.74, 6) is 0. The van der Waals surface area contributed by atoms with Crippen molar-refractivity contribution in [3.8, 4) is 0 Å². The summed E-state index contributed by atoms with van der Waals surface area (Å²) in [4.78, 5) is 12.6. The molecule has 0 aliphatic carbocycles. The van der Waals surface area contributed by atoms with Crippen LogP contribution in [0.4, 0.5) is 10.5 Å². The van der Waals surface area contributed by atoms with E-state index in [1.165, 1.54) is 4.90 Å². The summed E-state index contributed by atoms with van der Waals surface area (Å²) in [6.07, 6.45) is -0.944. The Bertz CT molecular complexity index is 371. The van der Waals surface area contributed by atoms with Gasteiger partial charge < -0.3 is 10.4 Å². The average Bonchev–Trinajstić information content (AvgIpc) is 2.17. The molecule has 1 rings (SSSR count). The summed E-state index contributed by atoms with van der Waals surface area (Å²) in [5.41, 5.74) is 0.671. The predicted octanol–water partition coefficient (Wildman–Crippen LogP) is 2.54. The van der Waals surface area contributed by atoms with Gasteiger partial charge in [-0.3, -0.25) is 4.90 Å². The SMILES string of the molecule is CNCC(C)N(C(=O)O)c1cccc(Br)c1. The molecule has 1 amide bonds. The first-order chi connectivity index (χ1) is 7.56. The number of amides is 1. The van der Waals surface area contributed by atoms with E-state index in [1.807, 2.05) is 19.1 Å². The first-order valence-corrected chi connectivity index (χ1v) is 5.78. The van der Waals surface area contributed by atoms with E-state index in [9.17, 15) is 9.90 Å². The van der Waals surface area contributed by atoms with E-state index in [2.05, 4.69) is 21.2 Å². The van der Waals surface area contributed by atoms with E-state index in [1.54, 1.807) is 19.2 Å². The van der Waals surface area contributed by atoms with Gasteiger partial charge in [0.25, 0.3) is 0 Å². The molecule has 88 valence electrons. The van der Waals surface area contributed by atoms with Crippen LogP contribution in [0.3, 0.4) is 0 Å². The fourth-order valence-electron chi connectivity index (χ4n) is 1.57. The third-order valence-corrected chi connectivity index (χ3v) is 2.73. The zero-order valence-corrected chi connectivity index (χ0v) is 10.9. The Morgan fingerprint density at radius 1 is 1.62 bits per heavy atom. The van der Waals surface area contributed by atoms with E-state index >= 15 is 0 Å². The van der Waals surface area contributed by atoms with Gasteiger partial charge in [0, 0.05) is 22.7 Å². The molecule has 0 heterocycles. The van der Waals surface area contributed by atoms with Gasteiger partial charge in [-0.1, -0.05) is 22.0 Å². The van der Waals surface area contributed by atoms with Gasteiger partial charge in [-0.2, -0.15) is 0 Å².